The minimum Gasteiger partial charge on any atom is -0.0843 e. The highest BCUT2D eigenvalue weighted by Crippen LogP contribution is 2.35. The molecule has 0 unspecified atom stereocenters. The van der Waals surface area contributed by atoms with Gasteiger partial charge in [0.1, 0.15) is 4.49 Å². The van der Waals surface area contributed by atoms with Gasteiger partial charge in [-0.05, 0) is 23.8 Å². The van der Waals surface area contributed by atoms with Gasteiger partial charge in [0, 0.05) is 21.2 Å². The highest BCUT2D eigenvalue weighted by Gasteiger charge is 2.12. The molecule has 0 saturated carbocycles. The van der Waals surface area contributed by atoms with Crippen LogP contribution in [-0.4, -0.2) is 0 Å². The first-order chi connectivity index (χ1) is 8.59. The molecule has 0 aliphatic carbocycles. The van der Waals surface area contributed by atoms with E-state index in [1.165, 1.54) is 0 Å². The lowest BCUT2D eigenvalue weighted by Gasteiger charge is -2.10. The molecular weight excluding hydrogens is 322 g/mol. The third-order valence-electron chi connectivity index (χ3n) is 2.47. The first-order valence-electron chi connectivity index (χ1n) is 5.15. The van der Waals surface area contributed by atoms with Gasteiger partial charge in [0.25, 0.3) is 0 Å². The van der Waals surface area contributed by atoms with Crippen molar-refractivity contribution in [1.82, 2.24) is 0 Å². The SMILES string of the molecule is ClC(Cl)=C([13c]1[13cH][13cH][13c](Cl)[13cH][13cH]1)[13c]1[13cH][13cH][13cH][13cH][13c]1Cl. The molecule has 0 N–H and O–H groups in total. The summed E-state index contributed by atoms with van der Waals surface area (Å²) in [4.78, 5) is 0. The zero-order valence-electron chi connectivity index (χ0n) is 9.13. The molecule has 0 aromatic heterocycles. The van der Waals surface area contributed by atoms with Gasteiger partial charge in [-0.25, -0.2) is 0 Å². The maximum atomic E-state index is 6.17. The maximum absolute atomic E-state index is 6.17. The van der Waals surface area contributed by atoms with Crippen LogP contribution >= 0.6 is 46.4 Å². The zero-order chi connectivity index (χ0) is 13.1. The molecule has 0 nitrogen and oxygen atoms in total. The van der Waals surface area contributed by atoms with E-state index in [1.54, 1.807) is 18.2 Å². The Hall–Kier alpha value is -0.660. The summed E-state index contributed by atoms with van der Waals surface area (Å²) in [5, 5.41) is 1.25. The molecule has 18 heavy (non-hydrogen) atoms. The van der Waals surface area contributed by atoms with Crippen molar-refractivity contribution in [2.75, 3.05) is 0 Å². The summed E-state index contributed by atoms with van der Waals surface area (Å²) in [6.45, 7) is 0. The van der Waals surface area contributed by atoms with Gasteiger partial charge < -0.3 is 0 Å². The average molecular weight is 330 g/mol. The molecule has 0 fully saturated rings. The monoisotopic (exact) mass is 328 g/mol. The summed E-state index contributed by atoms with van der Waals surface area (Å²) in [5.41, 5.74) is 2.36. The smallest absolute Gasteiger partial charge is 0.0843 e. The van der Waals surface area contributed by atoms with E-state index in [4.69, 9.17) is 46.4 Å². The van der Waals surface area contributed by atoms with Gasteiger partial charge in [-0.1, -0.05) is 76.7 Å². The van der Waals surface area contributed by atoms with Crippen molar-refractivity contribution in [3.8, 4) is 0 Å². The first-order valence-corrected chi connectivity index (χ1v) is 6.67. The van der Waals surface area contributed by atoms with E-state index >= 15 is 0 Å². The van der Waals surface area contributed by atoms with E-state index in [9.17, 15) is 0 Å². The van der Waals surface area contributed by atoms with E-state index in [1.807, 2.05) is 30.3 Å². The lowest BCUT2D eigenvalue weighted by Crippen LogP contribution is -1.90. The van der Waals surface area contributed by atoms with Gasteiger partial charge in [-0.3, -0.25) is 0 Å². The van der Waals surface area contributed by atoms with Crippen molar-refractivity contribution in [3.63, 3.8) is 0 Å². The van der Waals surface area contributed by atoms with Gasteiger partial charge in [0.15, 0.2) is 0 Å². The Morgan fingerprint density at radius 3 is 1.94 bits per heavy atom. The summed E-state index contributed by atoms with van der Waals surface area (Å²) in [6, 6.07) is 14.7. The third-order valence-corrected chi connectivity index (χ3v) is 3.42. The average Bonchev–Trinajstić information content (AvgIpc) is 2.34. The lowest BCUT2D eigenvalue weighted by molar-refractivity contribution is 1.55. The molecule has 0 aliphatic heterocycles. The predicted molar refractivity (Wildman–Crippen MR) is 80.6 cm³/mol. The van der Waals surface area contributed by atoms with Crippen LogP contribution in [0.15, 0.2) is 53.0 Å². The topological polar surface area (TPSA) is 0 Å². The van der Waals surface area contributed by atoms with Crippen molar-refractivity contribution in [3.05, 3.63) is 74.2 Å². The van der Waals surface area contributed by atoms with Crippen LogP contribution in [0.5, 0.6) is 0 Å². The second-order valence-corrected chi connectivity index (χ2v) is 5.42. The molecule has 0 aliphatic rings. The molecule has 0 saturated heterocycles. The Morgan fingerprint density at radius 2 is 1.39 bits per heavy atom. The summed E-state index contributed by atoms with van der Waals surface area (Å²) in [7, 11) is 0. The maximum Gasteiger partial charge on any atom is 0.115 e. The predicted octanol–water partition coefficient (Wildman–Crippen LogP) is 6.19. The minimum atomic E-state index is 0.172. The second-order valence-electron chi connectivity index (χ2n) is 3.62. The van der Waals surface area contributed by atoms with Crippen LogP contribution < -0.4 is 0 Å². The van der Waals surface area contributed by atoms with Gasteiger partial charge >= 0.3 is 0 Å². The highest BCUT2D eigenvalue weighted by molar-refractivity contribution is 6.59. The molecule has 0 spiro atoms. The van der Waals surface area contributed by atoms with Crippen molar-refractivity contribution >= 4 is 52.0 Å². The molecular formula is C14H8Cl4. The number of halogens is 4. The zero-order valence-corrected chi connectivity index (χ0v) is 12.2. The van der Waals surface area contributed by atoms with Gasteiger partial charge in [-0.15, -0.1) is 0 Å². The Labute approximate surface area is 126 Å². The standard InChI is InChI=1S/C14H8Cl4/c15-10-7-5-9(6-8-10)13(14(17)18)11-3-1-2-4-12(11)16/h1-8H/i1+1,2+1,3+1,4+1,5+1,6+1,7+1,8+1,9+1,10+1,11+1,12+1. The van der Waals surface area contributed by atoms with E-state index in [2.05, 4.69) is 0 Å². The van der Waals surface area contributed by atoms with Crippen LogP contribution in [-0.2, 0) is 0 Å². The Morgan fingerprint density at radius 1 is 0.778 bits per heavy atom. The molecule has 2 rings (SSSR count). The summed E-state index contributed by atoms with van der Waals surface area (Å²) >= 11 is 24.0. The highest BCUT2D eigenvalue weighted by atomic mass is 35.5. The Balaban J connectivity index is 2.59. The first kappa shape index (κ1) is 13.8. The normalized spacial score (nSPS) is 10.2. The van der Waals surface area contributed by atoms with Crippen molar-refractivity contribution in [2.24, 2.45) is 0 Å². The van der Waals surface area contributed by atoms with Crippen LogP contribution in [0.1, 0.15) is 11.1 Å². The molecule has 4 heteroatoms. The van der Waals surface area contributed by atoms with Crippen LogP contribution in [0, 0.1) is 0 Å². The van der Waals surface area contributed by atoms with Gasteiger partial charge in [0.05, 0.1) is 0 Å². The fraction of sp³-hybridized carbons (Fsp3) is 0. The molecule has 0 radical (unpaired) electrons. The molecule has 92 valence electrons. The molecule has 2 aromatic carbocycles. The number of rotatable bonds is 2. The van der Waals surface area contributed by atoms with Crippen molar-refractivity contribution in [1.29, 1.82) is 0 Å². The second kappa shape index (κ2) is 5.99. The molecule has 0 heterocycles. The third kappa shape index (κ3) is 3.02. The molecule has 2 aromatic rings. The lowest BCUT2D eigenvalue weighted by atomic mass is 10.6. The van der Waals surface area contributed by atoms with E-state index in [0.29, 0.717) is 15.6 Å². The van der Waals surface area contributed by atoms with Crippen LogP contribution in [0.3, 0.4) is 0 Å². The molecule has 0 atom stereocenters. The quantitative estimate of drug-likeness (QED) is 0.616. The van der Waals surface area contributed by atoms with Gasteiger partial charge in [0.2, 0.25) is 0 Å². The van der Waals surface area contributed by atoms with Crippen LogP contribution in [0.25, 0.3) is 5.57 Å². The van der Waals surface area contributed by atoms with E-state index < -0.39 is 0 Å². The van der Waals surface area contributed by atoms with Gasteiger partial charge in [-0.2, -0.15) is 0 Å². The summed E-state index contributed by atoms with van der Waals surface area (Å²) in [5.74, 6) is 0. The van der Waals surface area contributed by atoms with E-state index in [0.717, 1.165) is 11.1 Å². The fourth-order valence-electron chi connectivity index (χ4n) is 1.65. The largest absolute Gasteiger partial charge is 0.115 e. The number of benzene rings is 2. The minimum absolute atomic E-state index is 0.172. The summed E-state index contributed by atoms with van der Waals surface area (Å²) in [6.07, 6.45) is 0. The van der Waals surface area contributed by atoms with E-state index in [-0.39, 0.29) is 4.49 Å². The molecule has 0 bridgehead atoms. The fourth-order valence-corrected chi connectivity index (χ4v) is 2.42. The van der Waals surface area contributed by atoms with Crippen LogP contribution in [0.2, 0.25) is 10.0 Å². The summed E-state index contributed by atoms with van der Waals surface area (Å²) < 4.78 is 0.172. The number of hydrogen-bond acceptors (Lipinski definition) is 0. The Bertz CT molecular complexity index is 581. The van der Waals surface area contributed by atoms with Crippen LogP contribution in [0.4, 0.5) is 0 Å². The van der Waals surface area contributed by atoms with Crippen molar-refractivity contribution < 1.29 is 0 Å². The number of hydrogen-bond donors (Lipinski definition) is 0. The van der Waals surface area contributed by atoms with Crippen molar-refractivity contribution in [2.45, 2.75) is 0 Å². The molecule has 0 amide bonds. The Kier molecular flexibility index (Phi) is 4.58.